The van der Waals surface area contributed by atoms with Crippen molar-refractivity contribution in [1.29, 1.82) is 0 Å². The summed E-state index contributed by atoms with van der Waals surface area (Å²) in [5.74, 6) is 4.69. The minimum atomic E-state index is 0.624. The quantitative estimate of drug-likeness (QED) is 0.604. The Balaban J connectivity index is 1.71. The summed E-state index contributed by atoms with van der Waals surface area (Å²) in [6, 6.07) is 0. The summed E-state index contributed by atoms with van der Waals surface area (Å²) >= 11 is 0. The Morgan fingerprint density at radius 3 is 2.31 bits per heavy atom. The van der Waals surface area contributed by atoms with Gasteiger partial charge in [-0.1, -0.05) is 26.7 Å². The van der Waals surface area contributed by atoms with Crippen molar-refractivity contribution in [3.05, 3.63) is 0 Å². The molecule has 1 heteroatoms. The van der Waals surface area contributed by atoms with E-state index in [1.54, 1.807) is 0 Å². The molecule has 6 atom stereocenters. The average Bonchev–Trinajstić information content (AvgIpc) is 2.28. The second kappa shape index (κ2) is 4.33. The van der Waals surface area contributed by atoms with Gasteiger partial charge in [0.25, 0.3) is 0 Å². The molecule has 6 unspecified atom stereocenters. The van der Waals surface area contributed by atoms with Crippen molar-refractivity contribution in [2.24, 2.45) is 29.6 Å². The van der Waals surface area contributed by atoms with Gasteiger partial charge in [-0.15, -0.1) is 0 Å². The van der Waals surface area contributed by atoms with Crippen LogP contribution >= 0.6 is 0 Å². The van der Waals surface area contributed by atoms with Crippen molar-refractivity contribution in [3.8, 4) is 0 Å². The number of ether oxygens (including phenoxy) is 1. The van der Waals surface area contributed by atoms with E-state index >= 15 is 0 Å². The average molecular weight is 222 g/mol. The van der Waals surface area contributed by atoms with E-state index in [0.29, 0.717) is 6.10 Å². The van der Waals surface area contributed by atoms with Gasteiger partial charge in [-0.25, -0.2) is 0 Å². The maximum atomic E-state index is 6.17. The van der Waals surface area contributed by atoms with E-state index in [0.717, 1.165) is 36.2 Å². The number of fused-ring (bicyclic) bond motifs is 3. The zero-order chi connectivity index (χ0) is 11.1. The highest BCUT2D eigenvalue weighted by atomic mass is 16.5. The van der Waals surface area contributed by atoms with Gasteiger partial charge in [0.1, 0.15) is 0 Å². The summed E-state index contributed by atoms with van der Waals surface area (Å²) in [5, 5.41) is 0. The molecule has 1 nitrogen and oxygen atoms in total. The van der Waals surface area contributed by atoms with E-state index in [9.17, 15) is 0 Å². The van der Waals surface area contributed by atoms with E-state index in [2.05, 4.69) is 13.8 Å². The Morgan fingerprint density at radius 2 is 1.50 bits per heavy atom. The zero-order valence-electron chi connectivity index (χ0n) is 10.8. The lowest BCUT2D eigenvalue weighted by atomic mass is 9.62. The van der Waals surface area contributed by atoms with Crippen LogP contribution in [-0.2, 0) is 4.74 Å². The van der Waals surface area contributed by atoms with E-state index < -0.39 is 0 Å². The molecule has 3 rings (SSSR count). The highest BCUT2D eigenvalue weighted by molar-refractivity contribution is 4.93. The monoisotopic (exact) mass is 222 g/mol. The largest absolute Gasteiger partial charge is 0.378 e. The predicted octanol–water partition coefficient (Wildman–Crippen LogP) is 3.87. The van der Waals surface area contributed by atoms with E-state index in [-0.39, 0.29) is 0 Å². The Hall–Kier alpha value is -0.0400. The van der Waals surface area contributed by atoms with Crippen LogP contribution in [0.4, 0.5) is 0 Å². The van der Waals surface area contributed by atoms with Gasteiger partial charge in [-0.3, -0.25) is 0 Å². The van der Waals surface area contributed by atoms with E-state index in [1.807, 2.05) is 0 Å². The maximum absolute atomic E-state index is 6.17. The molecule has 0 amide bonds. The van der Waals surface area contributed by atoms with Gasteiger partial charge in [-0.2, -0.15) is 0 Å². The molecule has 1 heterocycles. The number of hydrogen-bond donors (Lipinski definition) is 0. The van der Waals surface area contributed by atoms with Gasteiger partial charge in [0.15, 0.2) is 0 Å². The minimum Gasteiger partial charge on any atom is -0.378 e. The third-order valence-corrected chi connectivity index (χ3v) is 5.48. The molecule has 16 heavy (non-hydrogen) atoms. The Labute approximate surface area is 99.9 Å². The molecular formula is C15H26O. The van der Waals surface area contributed by atoms with Gasteiger partial charge >= 0.3 is 0 Å². The lowest BCUT2D eigenvalue weighted by molar-refractivity contribution is -0.132. The summed E-state index contributed by atoms with van der Waals surface area (Å²) in [4.78, 5) is 0. The SMILES string of the molecule is CC1CCC2C(COC3CC(C)CCC32)C1. The first-order valence-corrected chi connectivity index (χ1v) is 7.35. The lowest BCUT2D eigenvalue weighted by Gasteiger charge is -2.49. The van der Waals surface area contributed by atoms with Crippen LogP contribution in [-0.4, -0.2) is 12.7 Å². The van der Waals surface area contributed by atoms with Gasteiger partial charge in [-0.05, 0) is 55.3 Å². The lowest BCUT2D eigenvalue weighted by Crippen LogP contribution is -2.47. The fourth-order valence-corrected chi connectivity index (χ4v) is 4.56. The van der Waals surface area contributed by atoms with Crippen molar-refractivity contribution in [3.63, 3.8) is 0 Å². The van der Waals surface area contributed by atoms with Gasteiger partial charge < -0.3 is 4.74 Å². The second-order valence-corrected chi connectivity index (χ2v) is 6.80. The fraction of sp³-hybridized carbons (Fsp3) is 1.00. The van der Waals surface area contributed by atoms with Crippen LogP contribution in [0, 0.1) is 29.6 Å². The van der Waals surface area contributed by atoms with Gasteiger partial charge in [0.05, 0.1) is 12.7 Å². The molecule has 0 spiro atoms. The molecule has 3 fully saturated rings. The number of rotatable bonds is 0. The Kier molecular flexibility index (Phi) is 2.99. The third-order valence-electron chi connectivity index (χ3n) is 5.48. The second-order valence-electron chi connectivity index (χ2n) is 6.80. The molecule has 3 aliphatic rings. The molecule has 0 aromatic carbocycles. The normalized spacial score (nSPS) is 52.9. The molecule has 92 valence electrons. The molecule has 0 radical (unpaired) electrons. The van der Waals surface area contributed by atoms with Crippen molar-refractivity contribution in [2.45, 2.75) is 58.5 Å². The molecule has 0 N–H and O–H groups in total. The number of hydrogen-bond acceptors (Lipinski definition) is 1. The topological polar surface area (TPSA) is 9.23 Å². The van der Waals surface area contributed by atoms with Crippen molar-refractivity contribution in [1.82, 2.24) is 0 Å². The van der Waals surface area contributed by atoms with Crippen LogP contribution in [0.2, 0.25) is 0 Å². The van der Waals surface area contributed by atoms with Crippen LogP contribution in [0.25, 0.3) is 0 Å². The summed E-state index contributed by atoms with van der Waals surface area (Å²) in [6.07, 6.45) is 9.25. The first-order chi connectivity index (χ1) is 7.74. The van der Waals surface area contributed by atoms with Gasteiger partial charge in [0.2, 0.25) is 0 Å². The van der Waals surface area contributed by atoms with Gasteiger partial charge in [0, 0.05) is 0 Å². The van der Waals surface area contributed by atoms with Crippen LogP contribution in [0.15, 0.2) is 0 Å². The molecule has 0 aromatic rings. The van der Waals surface area contributed by atoms with Crippen LogP contribution in [0.5, 0.6) is 0 Å². The van der Waals surface area contributed by atoms with E-state index in [1.165, 1.54) is 38.5 Å². The third kappa shape index (κ3) is 1.92. The Bertz CT molecular complexity index is 224. The molecule has 2 saturated carbocycles. The first-order valence-electron chi connectivity index (χ1n) is 7.35. The predicted molar refractivity (Wildman–Crippen MR) is 66.2 cm³/mol. The summed E-state index contributed by atoms with van der Waals surface area (Å²) in [7, 11) is 0. The standard InChI is InChI=1S/C15H26O/c1-10-3-5-13-12(7-10)9-16-15-8-11(2)4-6-14(13)15/h10-15H,3-9H2,1-2H3. The smallest absolute Gasteiger partial charge is 0.0608 e. The van der Waals surface area contributed by atoms with Crippen LogP contribution in [0.1, 0.15) is 52.4 Å². The van der Waals surface area contributed by atoms with Crippen molar-refractivity contribution >= 4 is 0 Å². The highest BCUT2D eigenvalue weighted by Gasteiger charge is 2.44. The zero-order valence-corrected chi connectivity index (χ0v) is 10.8. The van der Waals surface area contributed by atoms with E-state index in [4.69, 9.17) is 4.74 Å². The molecule has 0 bridgehead atoms. The van der Waals surface area contributed by atoms with Crippen molar-refractivity contribution < 1.29 is 4.74 Å². The maximum Gasteiger partial charge on any atom is 0.0608 e. The van der Waals surface area contributed by atoms with Crippen LogP contribution in [0.3, 0.4) is 0 Å². The molecular weight excluding hydrogens is 196 g/mol. The molecule has 2 aliphatic carbocycles. The minimum absolute atomic E-state index is 0.624. The summed E-state index contributed by atoms with van der Waals surface area (Å²) in [5.41, 5.74) is 0. The summed E-state index contributed by atoms with van der Waals surface area (Å²) < 4.78 is 6.17. The van der Waals surface area contributed by atoms with Crippen LogP contribution < -0.4 is 0 Å². The van der Waals surface area contributed by atoms with Crippen molar-refractivity contribution in [2.75, 3.05) is 6.61 Å². The first kappa shape index (κ1) is 11.1. The highest BCUT2D eigenvalue weighted by Crippen LogP contribution is 2.48. The fourth-order valence-electron chi connectivity index (χ4n) is 4.56. The molecule has 1 saturated heterocycles. The molecule has 1 aliphatic heterocycles. The molecule has 0 aromatic heterocycles. The Morgan fingerprint density at radius 1 is 0.812 bits per heavy atom. The summed E-state index contributed by atoms with van der Waals surface area (Å²) in [6.45, 7) is 5.89.